The lowest BCUT2D eigenvalue weighted by molar-refractivity contribution is 0.232. The third kappa shape index (κ3) is 3.89. The van der Waals surface area contributed by atoms with Crippen LogP contribution in [0.15, 0.2) is 41.1 Å². The van der Waals surface area contributed by atoms with Crippen LogP contribution in [0.3, 0.4) is 0 Å². The van der Waals surface area contributed by atoms with Gasteiger partial charge in [-0.2, -0.15) is 11.3 Å². The van der Waals surface area contributed by atoms with Crippen LogP contribution in [-0.2, 0) is 6.54 Å². The molecule has 1 heterocycles. The van der Waals surface area contributed by atoms with Gasteiger partial charge in [-0.15, -0.1) is 0 Å². The van der Waals surface area contributed by atoms with Crippen LogP contribution in [-0.4, -0.2) is 12.1 Å². The smallest absolute Gasteiger partial charge is 0.315 e. The summed E-state index contributed by atoms with van der Waals surface area (Å²) in [5, 5.41) is 10.3. The third-order valence-corrected chi connectivity index (χ3v) is 4.91. The van der Waals surface area contributed by atoms with Gasteiger partial charge in [-0.05, 0) is 46.4 Å². The van der Waals surface area contributed by atoms with E-state index in [4.69, 9.17) is 0 Å². The molecule has 0 spiro atoms. The molecule has 1 aromatic carbocycles. The van der Waals surface area contributed by atoms with Crippen molar-refractivity contribution >= 4 is 17.4 Å². The normalized spacial score (nSPS) is 15.5. The third-order valence-electron chi connectivity index (χ3n) is 4.23. The maximum atomic E-state index is 12.1. The highest BCUT2D eigenvalue weighted by Crippen LogP contribution is 2.25. The van der Waals surface area contributed by atoms with Gasteiger partial charge in [0.1, 0.15) is 0 Å². The standard InChI is InChI=1S/C18H22N2OS/c21-18(20-16-7-2-1-3-8-16)19-12-14-6-4-5-9-17(14)15-10-11-22-13-15/h4-6,9-11,13,16H,1-3,7-8,12H2,(H2,19,20,21). The van der Waals surface area contributed by atoms with Crippen LogP contribution in [0.1, 0.15) is 37.7 Å². The molecule has 0 aliphatic heterocycles. The number of hydrogen-bond acceptors (Lipinski definition) is 2. The first-order chi connectivity index (χ1) is 10.8. The molecule has 1 fully saturated rings. The van der Waals surface area contributed by atoms with Gasteiger partial charge < -0.3 is 10.6 Å². The molecule has 1 aliphatic carbocycles. The summed E-state index contributed by atoms with van der Waals surface area (Å²) < 4.78 is 0. The maximum Gasteiger partial charge on any atom is 0.315 e. The van der Waals surface area contributed by atoms with Crippen molar-refractivity contribution in [3.8, 4) is 11.1 Å². The first-order valence-corrected chi connectivity index (χ1v) is 8.92. The Balaban J connectivity index is 1.58. The van der Waals surface area contributed by atoms with Crippen LogP contribution < -0.4 is 10.6 Å². The summed E-state index contributed by atoms with van der Waals surface area (Å²) in [4.78, 5) is 12.1. The minimum atomic E-state index is -0.0491. The van der Waals surface area contributed by atoms with Crippen molar-refractivity contribution in [3.05, 3.63) is 46.7 Å². The van der Waals surface area contributed by atoms with Crippen molar-refractivity contribution in [2.75, 3.05) is 0 Å². The fraction of sp³-hybridized carbons (Fsp3) is 0.389. The molecule has 0 saturated heterocycles. The van der Waals surface area contributed by atoms with E-state index >= 15 is 0 Å². The molecule has 0 unspecified atom stereocenters. The lowest BCUT2D eigenvalue weighted by Crippen LogP contribution is -2.42. The SMILES string of the molecule is O=C(NCc1ccccc1-c1ccsc1)NC1CCCCC1. The fourth-order valence-corrected chi connectivity index (χ4v) is 3.69. The number of benzene rings is 1. The Morgan fingerprint density at radius 3 is 2.73 bits per heavy atom. The van der Waals surface area contributed by atoms with Crippen LogP contribution in [0.5, 0.6) is 0 Å². The van der Waals surface area contributed by atoms with Crippen molar-refractivity contribution in [1.29, 1.82) is 0 Å². The Morgan fingerprint density at radius 1 is 1.14 bits per heavy atom. The van der Waals surface area contributed by atoms with E-state index in [-0.39, 0.29) is 6.03 Å². The second kappa shape index (κ2) is 7.45. The molecule has 1 aliphatic rings. The summed E-state index contributed by atoms with van der Waals surface area (Å²) in [5.41, 5.74) is 3.57. The second-order valence-corrected chi connectivity index (χ2v) is 6.61. The molecule has 0 radical (unpaired) electrons. The van der Waals surface area contributed by atoms with Gasteiger partial charge in [0.25, 0.3) is 0 Å². The molecule has 2 N–H and O–H groups in total. The van der Waals surface area contributed by atoms with Gasteiger partial charge in [0.2, 0.25) is 0 Å². The van der Waals surface area contributed by atoms with Crippen molar-refractivity contribution in [2.45, 2.75) is 44.7 Å². The predicted molar refractivity (Wildman–Crippen MR) is 92.0 cm³/mol. The van der Waals surface area contributed by atoms with Crippen molar-refractivity contribution in [1.82, 2.24) is 10.6 Å². The Morgan fingerprint density at radius 2 is 1.95 bits per heavy atom. The summed E-state index contributed by atoms with van der Waals surface area (Å²) >= 11 is 1.69. The van der Waals surface area contributed by atoms with Gasteiger partial charge in [0.15, 0.2) is 0 Å². The van der Waals surface area contributed by atoms with Gasteiger partial charge >= 0.3 is 6.03 Å². The van der Waals surface area contributed by atoms with E-state index in [0.717, 1.165) is 18.4 Å². The highest BCUT2D eigenvalue weighted by atomic mass is 32.1. The van der Waals surface area contributed by atoms with E-state index < -0.39 is 0 Å². The highest BCUT2D eigenvalue weighted by molar-refractivity contribution is 7.08. The monoisotopic (exact) mass is 314 g/mol. The molecule has 0 atom stereocenters. The molecule has 0 bridgehead atoms. The number of hydrogen-bond donors (Lipinski definition) is 2. The first-order valence-electron chi connectivity index (χ1n) is 7.98. The molecular formula is C18H22N2OS. The average Bonchev–Trinajstić information content (AvgIpc) is 3.08. The van der Waals surface area contributed by atoms with Gasteiger partial charge in [-0.25, -0.2) is 4.79 Å². The number of nitrogens with one attached hydrogen (secondary N) is 2. The first kappa shape index (κ1) is 15.1. The minimum Gasteiger partial charge on any atom is -0.335 e. The molecule has 3 nitrogen and oxygen atoms in total. The summed E-state index contributed by atoms with van der Waals surface area (Å²) in [6.45, 7) is 0.560. The molecule has 116 valence electrons. The van der Waals surface area contributed by atoms with Crippen LogP contribution in [0.2, 0.25) is 0 Å². The molecule has 1 saturated carbocycles. The quantitative estimate of drug-likeness (QED) is 0.854. The van der Waals surface area contributed by atoms with Crippen molar-refractivity contribution in [2.24, 2.45) is 0 Å². The zero-order valence-electron chi connectivity index (χ0n) is 12.7. The largest absolute Gasteiger partial charge is 0.335 e. The number of amides is 2. The molecule has 1 aromatic heterocycles. The Kier molecular flexibility index (Phi) is 5.11. The Bertz CT molecular complexity index is 603. The zero-order valence-corrected chi connectivity index (χ0v) is 13.5. The fourth-order valence-electron chi connectivity index (χ4n) is 3.03. The summed E-state index contributed by atoms with van der Waals surface area (Å²) in [6.07, 6.45) is 5.98. The van der Waals surface area contributed by atoms with Crippen LogP contribution in [0.4, 0.5) is 4.79 Å². The van der Waals surface area contributed by atoms with E-state index in [1.807, 2.05) is 12.1 Å². The summed E-state index contributed by atoms with van der Waals surface area (Å²) in [5.74, 6) is 0. The lowest BCUT2D eigenvalue weighted by atomic mass is 9.96. The maximum absolute atomic E-state index is 12.1. The molecule has 2 amide bonds. The second-order valence-electron chi connectivity index (χ2n) is 5.83. The lowest BCUT2D eigenvalue weighted by Gasteiger charge is -2.23. The van der Waals surface area contributed by atoms with E-state index in [2.05, 4.69) is 39.6 Å². The van der Waals surface area contributed by atoms with E-state index in [0.29, 0.717) is 12.6 Å². The minimum absolute atomic E-state index is 0.0491. The molecule has 3 rings (SSSR count). The van der Waals surface area contributed by atoms with Gasteiger partial charge in [0, 0.05) is 12.6 Å². The zero-order chi connectivity index (χ0) is 15.2. The van der Waals surface area contributed by atoms with E-state index in [1.165, 1.54) is 30.4 Å². The molecule has 4 heteroatoms. The number of thiophene rings is 1. The van der Waals surface area contributed by atoms with E-state index in [1.54, 1.807) is 11.3 Å². The van der Waals surface area contributed by atoms with Crippen LogP contribution in [0.25, 0.3) is 11.1 Å². The number of urea groups is 1. The van der Waals surface area contributed by atoms with Gasteiger partial charge in [-0.3, -0.25) is 0 Å². The van der Waals surface area contributed by atoms with Crippen LogP contribution >= 0.6 is 11.3 Å². The van der Waals surface area contributed by atoms with E-state index in [9.17, 15) is 4.79 Å². The molecule has 2 aromatic rings. The number of carbonyl (C=O) groups excluding carboxylic acids is 1. The van der Waals surface area contributed by atoms with Gasteiger partial charge in [0.05, 0.1) is 0 Å². The van der Waals surface area contributed by atoms with Crippen molar-refractivity contribution < 1.29 is 4.79 Å². The Hall–Kier alpha value is -1.81. The number of carbonyl (C=O) groups is 1. The molecular weight excluding hydrogens is 292 g/mol. The van der Waals surface area contributed by atoms with Crippen molar-refractivity contribution in [3.63, 3.8) is 0 Å². The Labute approximate surface area is 135 Å². The van der Waals surface area contributed by atoms with Gasteiger partial charge in [-0.1, -0.05) is 43.5 Å². The van der Waals surface area contributed by atoms with Crippen LogP contribution in [0, 0.1) is 0 Å². The average molecular weight is 314 g/mol. The topological polar surface area (TPSA) is 41.1 Å². The highest BCUT2D eigenvalue weighted by Gasteiger charge is 2.15. The predicted octanol–water partition coefficient (Wildman–Crippen LogP) is 4.55. The number of rotatable bonds is 4. The summed E-state index contributed by atoms with van der Waals surface area (Å²) in [7, 11) is 0. The molecule has 22 heavy (non-hydrogen) atoms. The summed E-state index contributed by atoms with van der Waals surface area (Å²) in [6, 6.07) is 10.7.